The minimum atomic E-state index is -2.89. The van der Waals surface area contributed by atoms with Gasteiger partial charge in [-0.25, -0.2) is 9.97 Å². The summed E-state index contributed by atoms with van der Waals surface area (Å²) in [6, 6.07) is 17.1. The van der Waals surface area contributed by atoms with Gasteiger partial charge in [0, 0.05) is 17.4 Å². The Kier molecular flexibility index (Phi) is 6.32. The van der Waals surface area contributed by atoms with Crippen LogP contribution in [0.15, 0.2) is 72.0 Å². The predicted octanol–water partition coefficient (Wildman–Crippen LogP) is 4.48. The number of carbonyl (C=O) groups excluding carboxylic acids is 1. The predicted molar refractivity (Wildman–Crippen MR) is 99.9 cm³/mol. The Morgan fingerprint density at radius 1 is 1.11 bits per heavy atom. The Labute approximate surface area is 158 Å². The van der Waals surface area contributed by atoms with Gasteiger partial charge in [0.2, 0.25) is 5.91 Å². The van der Waals surface area contributed by atoms with E-state index in [0.717, 1.165) is 0 Å². The number of halogens is 2. The van der Waals surface area contributed by atoms with Gasteiger partial charge in [-0.2, -0.15) is 8.78 Å². The molecule has 1 heterocycles. The topological polar surface area (TPSA) is 64.1 Å². The molecule has 0 fully saturated rings. The van der Waals surface area contributed by atoms with Crippen molar-refractivity contribution in [1.29, 1.82) is 0 Å². The van der Waals surface area contributed by atoms with Gasteiger partial charge in [-0.05, 0) is 30.3 Å². The molecule has 2 aromatic carbocycles. The first-order valence-corrected chi connectivity index (χ1v) is 8.95. The van der Waals surface area contributed by atoms with Crippen molar-refractivity contribution in [2.75, 3.05) is 11.1 Å². The molecule has 3 rings (SSSR count). The van der Waals surface area contributed by atoms with Crippen LogP contribution in [0.5, 0.6) is 5.75 Å². The lowest BCUT2D eigenvalue weighted by Crippen LogP contribution is -2.14. The van der Waals surface area contributed by atoms with Crippen molar-refractivity contribution in [3.63, 3.8) is 0 Å². The SMILES string of the molecule is O=C(CSc1nccc(-c2cccc(OC(F)F)c2)n1)Nc1ccccc1. The zero-order chi connectivity index (χ0) is 19.1. The van der Waals surface area contributed by atoms with Crippen molar-refractivity contribution in [1.82, 2.24) is 9.97 Å². The molecule has 1 N–H and O–H groups in total. The Bertz CT molecular complexity index is 910. The van der Waals surface area contributed by atoms with Crippen LogP contribution in [0.3, 0.4) is 0 Å². The van der Waals surface area contributed by atoms with E-state index in [9.17, 15) is 13.6 Å². The lowest BCUT2D eigenvalue weighted by Gasteiger charge is -2.07. The first-order chi connectivity index (χ1) is 13.1. The van der Waals surface area contributed by atoms with Crippen LogP contribution >= 0.6 is 11.8 Å². The quantitative estimate of drug-likeness (QED) is 0.478. The smallest absolute Gasteiger partial charge is 0.387 e. The lowest BCUT2D eigenvalue weighted by molar-refractivity contribution is -0.113. The lowest BCUT2D eigenvalue weighted by atomic mass is 10.1. The van der Waals surface area contributed by atoms with Crippen molar-refractivity contribution < 1.29 is 18.3 Å². The monoisotopic (exact) mass is 387 g/mol. The molecule has 1 aromatic heterocycles. The molecule has 0 saturated heterocycles. The van der Waals surface area contributed by atoms with Crippen LogP contribution < -0.4 is 10.1 Å². The average molecular weight is 387 g/mol. The minimum Gasteiger partial charge on any atom is -0.435 e. The standard InChI is InChI=1S/C19H15F2N3O2S/c20-18(21)26-15-8-4-5-13(11-15)16-9-10-22-19(24-16)27-12-17(25)23-14-6-2-1-3-7-14/h1-11,18H,12H2,(H,23,25). The summed E-state index contributed by atoms with van der Waals surface area (Å²) in [6.45, 7) is -2.89. The first-order valence-electron chi connectivity index (χ1n) is 7.96. The van der Waals surface area contributed by atoms with Gasteiger partial charge >= 0.3 is 6.61 Å². The number of hydrogen-bond donors (Lipinski definition) is 1. The second-order valence-electron chi connectivity index (χ2n) is 5.33. The zero-order valence-electron chi connectivity index (χ0n) is 14.0. The molecule has 0 aliphatic rings. The van der Waals surface area contributed by atoms with Crippen LogP contribution in [0.1, 0.15) is 0 Å². The van der Waals surface area contributed by atoms with Crippen LogP contribution in [0.25, 0.3) is 11.3 Å². The normalized spacial score (nSPS) is 10.6. The summed E-state index contributed by atoms with van der Waals surface area (Å²) >= 11 is 1.19. The van der Waals surface area contributed by atoms with Gasteiger partial charge in [0.25, 0.3) is 0 Å². The first kappa shape index (κ1) is 18.8. The molecule has 0 aliphatic heterocycles. The highest BCUT2D eigenvalue weighted by atomic mass is 32.2. The number of nitrogens with zero attached hydrogens (tertiary/aromatic N) is 2. The van der Waals surface area contributed by atoms with Crippen LogP contribution in [-0.2, 0) is 4.79 Å². The Hall–Kier alpha value is -3.00. The number of carbonyl (C=O) groups is 1. The third-order valence-corrected chi connectivity index (χ3v) is 4.24. The molecule has 0 aliphatic carbocycles. The Balaban J connectivity index is 1.64. The summed E-state index contributed by atoms with van der Waals surface area (Å²) in [5.74, 6) is 0.0254. The maximum atomic E-state index is 12.4. The van der Waals surface area contributed by atoms with Crippen LogP contribution in [-0.4, -0.2) is 28.2 Å². The van der Waals surface area contributed by atoms with Crippen molar-refractivity contribution in [3.8, 4) is 17.0 Å². The number of benzene rings is 2. The highest BCUT2D eigenvalue weighted by molar-refractivity contribution is 7.99. The van der Waals surface area contributed by atoms with Crippen LogP contribution in [0.4, 0.5) is 14.5 Å². The summed E-state index contributed by atoms with van der Waals surface area (Å²) in [5.41, 5.74) is 1.88. The van der Waals surface area contributed by atoms with Crippen molar-refractivity contribution in [3.05, 3.63) is 66.9 Å². The molecule has 3 aromatic rings. The average Bonchev–Trinajstić information content (AvgIpc) is 2.67. The molecule has 0 atom stereocenters. The second-order valence-corrected chi connectivity index (χ2v) is 6.28. The molecule has 0 unspecified atom stereocenters. The van der Waals surface area contributed by atoms with E-state index in [0.29, 0.717) is 22.1 Å². The van der Waals surface area contributed by atoms with Gasteiger partial charge in [-0.15, -0.1) is 0 Å². The molecular formula is C19H15F2N3O2S. The van der Waals surface area contributed by atoms with E-state index in [-0.39, 0.29) is 17.4 Å². The maximum absolute atomic E-state index is 12.4. The molecule has 0 radical (unpaired) electrons. The molecule has 5 nitrogen and oxygen atoms in total. The highest BCUT2D eigenvalue weighted by Gasteiger charge is 2.09. The number of hydrogen-bond acceptors (Lipinski definition) is 5. The summed E-state index contributed by atoms with van der Waals surface area (Å²) in [4.78, 5) is 20.5. The summed E-state index contributed by atoms with van der Waals surface area (Å²) in [5, 5.41) is 3.19. The van der Waals surface area contributed by atoms with E-state index in [1.807, 2.05) is 18.2 Å². The summed E-state index contributed by atoms with van der Waals surface area (Å²) in [7, 11) is 0. The fourth-order valence-electron chi connectivity index (χ4n) is 2.25. The third-order valence-electron chi connectivity index (χ3n) is 3.38. The molecular weight excluding hydrogens is 372 g/mol. The van der Waals surface area contributed by atoms with Gasteiger partial charge < -0.3 is 10.1 Å². The van der Waals surface area contributed by atoms with Crippen molar-refractivity contribution in [2.24, 2.45) is 0 Å². The molecule has 0 spiro atoms. The zero-order valence-corrected chi connectivity index (χ0v) is 14.8. The molecule has 1 amide bonds. The molecule has 27 heavy (non-hydrogen) atoms. The van der Waals surface area contributed by atoms with E-state index in [4.69, 9.17) is 0 Å². The highest BCUT2D eigenvalue weighted by Crippen LogP contribution is 2.25. The molecule has 0 saturated carbocycles. The Morgan fingerprint density at radius 2 is 1.93 bits per heavy atom. The number of para-hydroxylation sites is 1. The summed E-state index contributed by atoms with van der Waals surface area (Å²) < 4.78 is 29.1. The van der Waals surface area contributed by atoms with E-state index >= 15 is 0 Å². The number of aromatic nitrogens is 2. The maximum Gasteiger partial charge on any atom is 0.387 e. The number of ether oxygens (including phenoxy) is 1. The largest absolute Gasteiger partial charge is 0.435 e. The van der Waals surface area contributed by atoms with Gasteiger partial charge in [0.05, 0.1) is 11.4 Å². The van der Waals surface area contributed by atoms with Gasteiger partial charge in [-0.3, -0.25) is 4.79 Å². The number of alkyl halides is 2. The summed E-state index contributed by atoms with van der Waals surface area (Å²) in [6.07, 6.45) is 1.56. The van der Waals surface area contributed by atoms with E-state index in [2.05, 4.69) is 20.0 Å². The number of nitrogens with one attached hydrogen (secondary N) is 1. The third kappa shape index (κ3) is 5.75. The van der Waals surface area contributed by atoms with Gasteiger partial charge in [-0.1, -0.05) is 42.1 Å². The van der Waals surface area contributed by atoms with Crippen molar-refractivity contribution in [2.45, 2.75) is 11.8 Å². The van der Waals surface area contributed by atoms with E-state index < -0.39 is 6.61 Å². The fourth-order valence-corrected chi connectivity index (χ4v) is 2.88. The van der Waals surface area contributed by atoms with E-state index in [1.54, 1.807) is 36.5 Å². The number of amides is 1. The molecule has 8 heteroatoms. The van der Waals surface area contributed by atoms with Gasteiger partial charge in [0.15, 0.2) is 5.16 Å². The second kappa shape index (κ2) is 9.09. The molecule has 0 bridgehead atoms. The molecule has 138 valence electrons. The van der Waals surface area contributed by atoms with Crippen LogP contribution in [0, 0.1) is 0 Å². The van der Waals surface area contributed by atoms with E-state index in [1.165, 1.54) is 23.9 Å². The van der Waals surface area contributed by atoms with Crippen molar-refractivity contribution >= 4 is 23.4 Å². The minimum absolute atomic E-state index is 0.0533. The van der Waals surface area contributed by atoms with Crippen LogP contribution in [0.2, 0.25) is 0 Å². The van der Waals surface area contributed by atoms with Gasteiger partial charge in [0.1, 0.15) is 5.75 Å². The number of thioether (sulfide) groups is 1. The number of anilines is 1. The Morgan fingerprint density at radius 3 is 2.70 bits per heavy atom. The fraction of sp³-hybridized carbons (Fsp3) is 0.105. The number of rotatable bonds is 7.